The molecule has 2 N–H and O–H groups in total. The molecule has 0 radical (unpaired) electrons. The van der Waals surface area contributed by atoms with Crippen molar-refractivity contribution in [3.8, 4) is 0 Å². The van der Waals surface area contributed by atoms with E-state index in [9.17, 15) is 4.79 Å². The van der Waals surface area contributed by atoms with Crippen molar-refractivity contribution in [1.29, 1.82) is 0 Å². The smallest absolute Gasteiger partial charge is 0.270 e. The number of anilines is 1. The zero-order chi connectivity index (χ0) is 17.5. The van der Waals surface area contributed by atoms with E-state index in [1.807, 2.05) is 24.3 Å². The molecule has 1 aromatic carbocycles. The quantitative estimate of drug-likeness (QED) is 0.712. The number of pyridine rings is 1. The molecule has 2 aromatic heterocycles. The van der Waals surface area contributed by atoms with Gasteiger partial charge in [0.1, 0.15) is 5.69 Å². The van der Waals surface area contributed by atoms with Gasteiger partial charge in [0, 0.05) is 36.7 Å². The summed E-state index contributed by atoms with van der Waals surface area (Å²) in [4.78, 5) is 24.6. The molecule has 0 fully saturated rings. The summed E-state index contributed by atoms with van der Waals surface area (Å²) in [5.74, 6) is 0.139. The first-order valence-electron chi connectivity index (χ1n) is 7.69. The van der Waals surface area contributed by atoms with Crippen LogP contribution < -0.4 is 10.6 Å². The maximum absolute atomic E-state index is 12.2. The Bertz CT molecular complexity index is 840. The van der Waals surface area contributed by atoms with E-state index < -0.39 is 0 Å². The first-order valence-corrected chi connectivity index (χ1v) is 8.07. The lowest BCUT2D eigenvalue weighted by molar-refractivity contribution is 0.0946. The van der Waals surface area contributed by atoms with Gasteiger partial charge in [-0.25, -0.2) is 9.97 Å². The average Bonchev–Trinajstić information content (AvgIpc) is 2.67. The van der Waals surface area contributed by atoms with Crippen LogP contribution in [0.1, 0.15) is 21.6 Å². The summed E-state index contributed by atoms with van der Waals surface area (Å²) in [6.07, 6.45) is 5.00. The van der Waals surface area contributed by atoms with E-state index in [0.717, 1.165) is 11.1 Å². The average molecular weight is 354 g/mol. The fourth-order valence-corrected chi connectivity index (χ4v) is 2.25. The van der Waals surface area contributed by atoms with Gasteiger partial charge >= 0.3 is 0 Å². The molecule has 0 aliphatic carbocycles. The van der Waals surface area contributed by atoms with Gasteiger partial charge in [-0.2, -0.15) is 0 Å². The van der Waals surface area contributed by atoms with E-state index >= 15 is 0 Å². The first-order chi connectivity index (χ1) is 12.2. The molecule has 0 unspecified atom stereocenters. The summed E-state index contributed by atoms with van der Waals surface area (Å²) in [7, 11) is 0. The number of rotatable bonds is 6. The molecule has 0 bridgehead atoms. The van der Waals surface area contributed by atoms with E-state index in [2.05, 4.69) is 25.6 Å². The van der Waals surface area contributed by atoms with Crippen molar-refractivity contribution < 1.29 is 4.79 Å². The van der Waals surface area contributed by atoms with Gasteiger partial charge in [-0.1, -0.05) is 23.7 Å². The van der Waals surface area contributed by atoms with Crippen LogP contribution in [0.5, 0.6) is 0 Å². The Morgan fingerprint density at radius 2 is 1.64 bits per heavy atom. The zero-order valence-electron chi connectivity index (χ0n) is 13.3. The number of carbonyl (C=O) groups excluding carboxylic acids is 1. The van der Waals surface area contributed by atoms with Crippen LogP contribution in [-0.4, -0.2) is 20.9 Å². The van der Waals surface area contributed by atoms with E-state index in [4.69, 9.17) is 11.6 Å². The Kier molecular flexibility index (Phi) is 5.53. The lowest BCUT2D eigenvalue weighted by atomic mass is 10.2. The van der Waals surface area contributed by atoms with Crippen LogP contribution in [-0.2, 0) is 13.1 Å². The molecule has 0 saturated heterocycles. The van der Waals surface area contributed by atoms with Gasteiger partial charge in [0.15, 0.2) is 0 Å². The second kappa shape index (κ2) is 8.21. The summed E-state index contributed by atoms with van der Waals surface area (Å²) < 4.78 is 0. The largest absolute Gasteiger partial charge is 0.350 e. The van der Waals surface area contributed by atoms with Gasteiger partial charge in [-0.3, -0.25) is 9.78 Å². The van der Waals surface area contributed by atoms with Gasteiger partial charge in [0.2, 0.25) is 5.95 Å². The van der Waals surface area contributed by atoms with Crippen LogP contribution >= 0.6 is 11.6 Å². The molecule has 6 nitrogen and oxygen atoms in total. The van der Waals surface area contributed by atoms with Crippen molar-refractivity contribution >= 4 is 23.5 Å². The molecule has 126 valence electrons. The fourth-order valence-electron chi connectivity index (χ4n) is 2.13. The lowest BCUT2D eigenvalue weighted by Crippen LogP contribution is -2.24. The van der Waals surface area contributed by atoms with Crippen LogP contribution in [0, 0.1) is 0 Å². The second-order valence-electron chi connectivity index (χ2n) is 5.28. The number of aromatic nitrogens is 3. The Morgan fingerprint density at radius 1 is 0.920 bits per heavy atom. The summed E-state index contributed by atoms with van der Waals surface area (Å²) in [6, 6.07) is 12.7. The highest BCUT2D eigenvalue weighted by atomic mass is 35.5. The van der Waals surface area contributed by atoms with Gasteiger partial charge < -0.3 is 10.6 Å². The Hall–Kier alpha value is -2.99. The number of hydrogen-bond donors (Lipinski definition) is 2. The number of benzene rings is 1. The van der Waals surface area contributed by atoms with Crippen LogP contribution in [0.25, 0.3) is 0 Å². The van der Waals surface area contributed by atoms with Crippen molar-refractivity contribution in [2.75, 3.05) is 5.32 Å². The second-order valence-corrected chi connectivity index (χ2v) is 5.72. The van der Waals surface area contributed by atoms with Crippen LogP contribution in [0.2, 0.25) is 5.02 Å². The van der Waals surface area contributed by atoms with E-state index in [1.165, 1.54) is 0 Å². The highest BCUT2D eigenvalue weighted by Gasteiger charge is 2.08. The SMILES string of the molecule is O=C(NCc1ccc(Cl)cc1)c1ccnc(NCc2ccncc2)n1. The van der Waals surface area contributed by atoms with Gasteiger partial charge in [-0.05, 0) is 41.5 Å². The van der Waals surface area contributed by atoms with Crippen molar-refractivity contribution in [2.45, 2.75) is 13.1 Å². The summed E-state index contributed by atoms with van der Waals surface area (Å²) >= 11 is 5.85. The molecule has 0 spiro atoms. The third-order valence-corrected chi connectivity index (χ3v) is 3.71. The summed E-state index contributed by atoms with van der Waals surface area (Å²) in [6.45, 7) is 0.956. The van der Waals surface area contributed by atoms with Gasteiger partial charge in [0.25, 0.3) is 5.91 Å². The topological polar surface area (TPSA) is 79.8 Å². The standard InChI is InChI=1S/C18H16ClN5O/c19-15-3-1-13(2-4-15)11-22-17(25)16-7-10-21-18(24-16)23-12-14-5-8-20-9-6-14/h1-10H,11-12H2,(H,22,25)(H,21,23,24). The molecule has 2 heterocycles. The molecule has 25 heavy (non-hydrogen) atoms. The number of halogens is 1. The third kappa shape index (κ3) is 4.99. The molecule has 1 amide bonds. The number of hydrogen-bond acceptors (Lipinski definition) is 5. The minimum absolute atomic E-state index is 0.260. The highest BCUT2D eigenvalue weighted by molar-refractivity contribution is 6.30. The van der Waals surface area contributed by atoms with Crippen LogP contribution in [0.4, 0.5) is 5.95 Å². The van der Waals surface area contributed by atoms with Crippen molar-refractivity contribution in [3.05, 3.63) is 82.9 Å². The minimum atomic E-state index is -0.260. The molecular weight excluding hydrogens is 338 g/mol. The third-order valence-electron chi connectivity index (χ3n) is 3.45. The summed E-state index contributed by atoms with van der Waals surface area (Å²) in [5.41, 5.74) is 2.32. The van der Waals surface area contributed by atoms with Crippen molar-refractivity contribution in [2.24, 2.45) is 0 Å². The molecule has 0 atom stereocenters. The molecule has 3 rings (SSSR count). The number of nitrogens with zero attached hydrogens (tertiary/aromatic N) is 3. The molecule has 0 saturated carbocycles. The van der Waals surface area contributed by atoms with E-state index in [-0.39, 0.29) is 5.91 Å². The molecule has 0 aliphatic heterocycles. The summed E-state index contributed by atoms with van der Waals surface area (Å²) in [5, 5.41) is 6.58. The Morgan fingerprint density at radius 3 is 2.40 bits per heavy atom. The molecule has 3 aromatic rings. The number of nitrogens with one attached hydrogen (secondary N) is 2. The first kappa shape index (κ1) is 16.9. The minimum Gasteiger partial charge on any atom is -0.350 e. The predicted octanol–water partition coefficient (Wildman–Crippen LogP) is 3.07. The van der Waals surface area contributed by atoms with Crippen molar-refractivity contribution in [1.82, 2.24) is 20.3 Å². The van der Waals surface area contributed by atoms with E-state index in [1.54, 1.807) is 36.8 Å². The molecular formula is C18H16ClN5O. The predicted molar refractivity (Wildman–Crippen MR) is 96.2 cm³/mol. The van der Waals surface area contributed by atoms with Gasteiger partial charge in [0.05, 0.1) is 0 Å². The maximum atomic E-state index is 12.2. The van der Waals surface area contributed by atoms with Crippen LogP contribution in [0.15, 0.2) is 61.1 Å². The lowest BCUT2D eigenvalue weighted by Gasteiger charge is -2.07. The normalized spacial score (nSPS) is 10.3. The van der Waals surface area contributed by atoms with Crippen LogP contribution in [0.3, 0.4) is 0 Å². The Balaban J connectivity index is 1.58. The van der Waals surface area contributed by atoms with E-state index in [0.29, 0.717) is 29.8 Å². The molecule has 7 heteroatoms. The zero-order valence-corrected chi connectivity index (χ0v) is 14.1. The fraction of sp³-hybridized carbons (Fsp3) is 0.111. The number of amides is 1. The Labute approximate surface area is 150 Å². The molecule has 0 aliphatic rings. The monoisotopic (exact) mass is 353 g/mol. The maximum Gasteiger partial charge on any atom is 0.270 e. The highest BCUT2D eigenvalue weighted by Crippen LogP contribution is 2.09. The van der Waals surface area contributed by atoms with Crippen molar-refractivity contribution in [3.63, 3.8) is 0 Å². The van der Waals surface area contributed by atoms with Gasteiger partial charge in [-0.15, -0.1) is 0 Å². The number of carbonyl (C=O) groups is 1.